The molecule has 0 unspecified atom stereocenters. The van der Waals surface area contributed by atoms with Crippen LogP contribution in [0.2, 0.25) is 0 Å². The molecule has 8 nitrogen and oxygen atoms in total. The number of hydrogen-bond donors (Lipinski definition) is 4. The number of aliphatic hydroxyl groups excluding tert-OH is 2. The second-order valence-electron chi connectivity index (χ2n) is 12.1. The third-order valence-electron chi connectivity index (χ3n) is 9.38. The van der Waals surface area contributed by atoms with E-state index in [2.05, 4.69) is 29.3 Å². The molecule has 1 aliphatic carbocycles. The molecule has 2 heterocycles. The van der Waals surface area contributed by atoms with Crippen LogP contribution in [0.5, 0.6) is 28.7 Å². The van der Waals surface area contributed by atoms with Crippen molar-refractivity contribution in [1.29, 1.82) is 0 Å². The first-order valence-electron chi connectivity index (χ1n) is 15.4. The first-order chi connectivity index (χ1) is 21.9. The van der Waals surface area contributed by atoms with Gasteiger partial charge >= 0.3 is 0 Å². The summed E-state index contributed by atoms with van der Waals surface area (Å²) < 4.78 is 18.0. The standard InChI is InChI=1S/C37H37NO7/c1-43-33-19-32-28(18-31(41)37(45-32)24-14-22(4-3-11-39)36(42)34(16-24)44-2)29-15-23(27-17-25(40)6-7-26(27)35(29)33)13-20-5-8-30-21(12-20)9-10-38-30/h5-9,12,14,16-17,19,23,31,37,39-42H,3-4,10-11,13,15,18H2,1-2H3/t23-,31-,37-/m1/s1. The molecule has 8 heteroatoms. The van der Waals surface area contributed by atoms with Crippen molar-refractivity contribution in [2.75, 3.05) is 27.4 Å². The monoisotopic (exact) mass is 607 g/mol. The van der Waals surface area contributed by atoms with Gasteiger partial charge in [0.1, 0.15) is 23.4 Å². The van der Waals surface area contributed by atoms with Crippen LogP contribution >= 0.6 is 0 Å². The lowest BCUT2D eigenvalue weighted by atomic mass is 9.73. The van der Waals surface area contributed by atoms with Gasteiger partial charge in [-0.1, -0.05) is 18.2 Å². The summed E-state index contributed by atoms with van der Waals surface area (Å²) in [6.07, 6.45) is 3.38. The van der Waals surface area contributed by atoms with Crippen molar-refractivity contribution in [3.63, 3.8) is 0 Å². The van der Waals surface area contributed by atoms with Crippen LogP contribution in [0.1, 0.15) is 51.8 Å². The number of phenolic OH excluding ortho intramolecular Hbond substituents is 2. The third-order valence-corrected chi connectivity index (χ3v) is 9.38. The van der Waals surface area contributed by atoms with E-state index in [1.54, 1.807) is 19.2 Å². The average molecular weight is 608 g/mol. The van der Waals surface area contributed by atoms with Gasteiger partial charge in [-0.25, -0.2) is 0 Å². The third kappa shape index (κ3) is 5.18. The lowest BCUT2D eigenvalue weighted by molar-refractivity contribution is 0.0201. The summed E-state index contributed by atoms with van der Waals surface area (Å²) >= 11 is 0. The number of aryl methyl sites for hydroxylation is 1. The van der Waals surface area contributed by atoms with Crippen LogP contribution in [0.3, 0.4) is 0 Å². The highest BCUT2D eigenvalue weighted by atomic mass is 16.5. The van der Waals surface area contributed by atoms with Gasteiger partial charge in [-0.2, -0.15) is 0 Å². The van der Waals surface area contributed by atoms with Crippen molar-refractivity contribution < 1.29 is 34.6 Å². The predicted octanol–water partition coefficient (Wildman–Crippen LogP) is 4.04. The summed E-state index contributed by atoms with van der Waals surface area (Å²) in [5, 5.41) is 44.3. The fourth-order valence-electron chi connectivity index (χ4n) is 7.25. The SMILES string of the molecule is COc1cc([C@H]2Oc3cc(OC)c4c(c3C[C@H]2O)C[C@@H](Cc2ccc3c(c2)=CCN=3)c2cc(O)ccc2-4)cc(CCCO)c1O. The number of benzene rings is 4. The Kier molecular flexibility index (Phi) is 7.63. The number of aromatic hydroxyl groups is 2. The van der Waals surface area contributed by atoms with Crippen LogP contribution in [-0.4, -0.2) is 53.9 Å². The molecule has 4 aromatic carbocycles. The number of rotatable bonds is 8. The normalized spacial score (nSPS) is 19.2. The van der Waals surface area contributed by atoms with Crippen molar-refractivity contribution >= 4 is 6.08 Å². The molecule has 7 rings (SSSR count). The Balaban J connectivity index is 1.30. The largest absolute Gasteiger partial charge is 0.508 e. The summed E-state index contributed by atoms with van der Waals surface area (Å²) in [7, 11) is 3.14. The Labute approximate surface area is 261 Å². The van der Waals surface area contributed by atoms with Crippen molar-refractivity contribution in [1.82, 2.24) is 0 Å². The van der Waals surface area contributed by atoms with E-state index < -0.39 is 12.2 Å². The molecule has 0 amide bonds. The number of hydrogen-bond acceptors (Lipinski definition) is 8. The Bertz CT molecular complexity index is 1920. The van der Waals surface area contributed by atoms with E-state index in [9.17, 15) is 20.4 Å². The lowest BCUT2D eigenvalue weighted by Crippen LogP contribution is -2.32. The predicted molar refractivity (Wildman–Crippen MR) is 170 cm³/mol. The molecular weight excluding hydrogens is 570 g/mol. The van der Waals surface area contributed by atoms with Crippen molar-refractivity contribution in [2.45, 2.75) is 50.2 Å². The summed E-state index contributed by atoms with van der Waals surface area (Å²) in [5.41, 5.74) is 7.60. The highest BCUT2D eigenvalue weighted by Crippen LogP contribution is 2.52. The van der Waals surface area contributed by atoms with Crippen LogP contribution in [0.15, 0.2) is 59.6 Å². The molecule has 0 bridgehead atoms. The summed E-state index contributed by atoms with van der Waals surface area (Å²) in [6.45, 7) is 0.708. The minimum absolute atomic E-state index is 0.00269. The van der Waals surface area contributed by atoms with Gasteiger partial charge in [-0.3, -0.25) is 4.99 Å². The Morgan fingerprint density at radius 3 is 2.58 bits per heavy atom. The molecule has 45 heavy (non-hydrogen) atoms. The van der Waals surface area contributed by atoms with Crippen LogP contribution < -0.4 is 24.8 Å². The fourth-order valence-corrected chi connectivity index (χ4v) is 7.25. The molecule has 4 aromatic rings. The van der Waals surface area contributed by atoms with Gasteiger partial charge in [-0.15, -0.1) is 0 Å². The Hall–Kier alpha value is -4.53. The highest BCUT2D eigenvalue weighted by molar-refractivity contribution is 5.83. The van der Waals surface area contributed by atoms with Crippen LogP contribution in [-0.2, 0) is 25.7 Å². The molecule has 0 radical (unpaired) electrons. The summed E-state index contributed by atoms with van der Waals surface area (Å²) in [5.74, 6) is 1.96. The van der Waals surface area contributed by atoms with E-state index in [1.165, 1.54) is 12.7 Å². The van der Waals surface area contributed by atoms with E-state index in [4.69, 9.17) is 14.2 Å². The molecule has 0 aromatic heterocycles. The second-order valence-corrected chi connectivity index (χ2v) is 12.1. The minimum Gasteiger partial charge on any atom is -0.508 e. The lowest BCUT2D eigenvalue weighted by Gasteiger charge is -2.37. The van der Waals surface area contributed by atoms with Gasteiger partial charge in [0, 0.05) is 30.2 Å². The molecule has 232 valence electrons. The molecule has 4 N–H and O–H groups in total. The van der Waals surface area contributed by atoms with Crippen LogP contribution in [0, 0.1) is 0 Å². The van der Waals surface area contributed by atoms with Gasteiger partial charge in [0.05, 0.1) is 32.2 Å². The average Bonchev–Trinajstić information content (AvgIpc) is 3.52. The number of fused-ring (bicyclic) bond motifs is 6. The number of phenols is 2. The first kappa shape index (κ1) is 29.2. The molecule has 0 spiro atoms. The molecule has 0 saturated carbocycles. The van der Waals surface area contributed by atoms with Gasteiger partial charge in [0.2, 0.25) is 0 Å². The summed E-state index contributed by atoms with van der Waals surface area (Å²) in [4.78, 5) is 4.53. The van der Waals surface area contributed by atoms with E-state index in [1.807, 2.05) is 24.3 Å². The smallest absolute Gasteiger partial charge is 0.161 e. The molecule has 3 atom stereocenters. The topological polar surface area (TPSA) is 121 Å². The Morgan fingerprint density at radius 2 is 1.78 bits per heavy atom. The maximum absolute atomic E-state index is 11.6. The zero-order valence-corrected chi connectivity index (χ0v) is 25.4. The molecule has 0 fully saturated rings. The van der Waals surface area contributed by atoms with Crippen LogP contribution in [0.4, 0.5) is 0 Å². The zero-order valence-electron chi connectivity index (χ0n) is 25.4. The molecule has 3 aliphatic rings. The van der Waals surface area contributed by atoms with Crippen molar-refractivity contribution in [3.8, 4) is 39.9 Å². The minimum atomic E-state index is -0.856. The quantitative estimate of drug-likeness (QED) is 0.239. The fraction of sp³-hybridized carbons (Fsp3) is 0.324. The Morgan fingerprint density at radius 1 is 0.933 bits per heavy atom. The van der Waals surface area contributed by atoms with Crippen molar-refractivity contribution in [2.24, 2.45) is 4.99 Å². The van der Waals surface area contributed by atoms with E-state index >= 15 is 0 Å². The van der Waals surface area contributed by atoms with Crippen molar-refractivity contribution in [3.05, 3.63) is 98.6 Å². The maximum atomic E-state index is 11.6. The zero-order chi connectivity index (χ0) is 31.2. The second kappa shape index (κ2) is 11.8. The summed E-state index contributed by atoms with van der Waals surface area (Å²) in [6, 6.07) is 17.4. The highest BCUT2D eigenvalue weighted by Gasteiger charge is 2.37. The number of nitrogens with zero attached hydrogens (tertiary/aromatic N) is 1. The molecule has 0 saturated heterocycles. The molecule has 2 aliphatic heterocycles. The van der Waals surface area contributed by atoms with Gasteiger partial charge in [0.25, 0.3) is 0 Å². The van der Waals surface area contributed by atoms with Gasteiger partial charge in [-0.05, 0) is 107 Å². The number of aliphatic hydroxyl groups is 2. The first-order valence-corrected chi connectivity index (χ1v) is 15.4. The van der Waals surface area contributed by atoms with Gasteiger partial charge < -0.3 is 34.6 Å². The van der Waals surface area contributed by atoms with E-state index in [0.717, 1.165) is 44.8 Å². The van der Waals surface area contributed by atoms with Crippen LogP contribution in [0.25, 0.3) is 17.2 Å². The van der Waals surface area contributed by atoms with E-state index in [0.29, 0.717) is 60.6 Å². The molecular formula is C37H37NO7. The maximum Gasteiger partial charge on any atom is 0.161 e. The number of methoxy groups -OCH3 is 2. The van der Waals surface area contributed by atoms with Gasteiger partial charge in [0.15, 0.2) is 11.5 Å². The van der Waals surface area contributed by atoms with E-state index in [-0.39, 0.29) is 24.0 Å². The number of ether oxygens (including phenoxy) is 3.